The van der Waals surface area contributed by atoms with Gasteiger partial charge >= 0.3 is 0 Å². The number of anilines is 2. The Hall–Kier alpha value is -3.67. The Morgan fingerprint density at radius 2 is 1.46 bits per heavy atom. The van der Waals surface area contributed by atoms with Crippen molar-refractivity contribution in [3.63, 3.8) is 0 Å². The van der Waals surface area contributed by atoms with Crippen molar-refractivity contribution in [3.05, 3.63) is 100 Å². The second-order valence-electron chi connectivity index (χ2n) is 5.67. The number of benzene rings is 3. The van der Waals surface area contributed by atoms with Crippen molar-refractivity contribution in [1.29, 1.82) is 0 Å². The molecule has 0 radical (unpaired) electrons. The third kappa shape index (κ3) is 4.45. The van der Waals surface area contributed by atoms with Crippen LogP contribution in [0.1, 0.15) is 15.9 Å². The van der Waals surface area contributed by atoms with Crippen LogP contribution in [0.25, 0.3) is 0 Å². The Morgan fingerprint density at radius 3 is 2.08 bits per heavy atom. The number of hydrogen-bond donors (Lipinski definition) is 2. The number of nitrogens with one attached hydrogen (secondary N) is 2. The summed E-state index contributed by atoms with van der Waals surface area (Å²) in [5, 5.41) is 16.7. The maximum Gasteiger partial charge on any atom is 0.269 e. The van der Waals surface area contributed by atoms with E-state index in [-0.39, 0.29) is 11.6 Å². The molecule has 130 valence electrons. The molecule has 6 heteroatoms. The molecular formula is C20H17N3O3. The summed E-state index contributed by atoms with van der Waals surface area (Å²) < 4.78 is 0. The van der Waals surface area contributed by atoms with Gasteiger partial charge in [0.05, 0.1) is 4.92 Å². The van der Waals surface area contributed by atoms with Gasteiger partial charge in [-0.1, -0.05) is 30.3 Å². The van der Waals surface area contributed by atoms with Gasteiger partial charge in [0, 0.05) is 35.6 Å². The molecular weight excluding hydrogens is 330 g/mol. The number of hydrogen-bond acceptors (Lipinski definition) is 4. The number of nitro groups is 1. The fraction of sp³-hybridized carbons (Fsp3) is 0.0500. The molecule has 6 nitrogen and oxygen atoms in total. The highest BCUT2D eigenvalue weighted by molar-refractivity contribution is 6.04. The normalized spacial score (nSPS) is 10.2. The van der Waals surface area contributed by atoms with E-state index >= 15 is 0 Å². The van der Waals surface area contributed by atoms with Crippen LogP contribution in [-0.2, 0) is 6.54 Å². The molecule has 0 aliphatic heterocycles. The standard InChI is InChI=1S/C20H17N3O3/c24-20(22-18-10-12-19(13-11-18)23(25)26)16-6-8-17(9-7-16)21-14-15-4-2-1-3-5-15/h1-13,21H,14H2,(H,22,24). The van der Waals surface area contributed by atoms with Gasteiger partial charge < -0.3 is 10.6 Å². The quantitative estimate of drug-likeness (QED) is 0.509. The largest absolute Gasteiger partial charge is 0.381 e. The molecule has 2 N–H and O–H groups in total. The zero-order valence-electron chi connectivity index (χ0n) is 13.9. The van der Waals surface area contributed by atoms with Gasteiger partial charge in [-0.25, -0.2) is 0 Å². The summed E-state index contributed by atoms with van der Waals surface area (Å²) in [6.07, 6.45) is 0. The molecule has 0 spiro atoms. The maximum absolute atomic E-state index is 12.3. The Balaban J connectivity index is 1.58. The first-order chi connectivity index (χ1) is 12.6. The van der Waals surface area contributed by atoms with Crippen LogP contribution in [0.15, 0.2) is 78.9 Å². The van der Waals surface area contributed by atoms with Crippen LogP contribution >= 0.6 is 0 Å². The van der Waals surface area contributed by atoms with Gasteiger partial charge in [0.25, 0.3) is 11.6 Å². The number of nitrogens with zero attached hydrogens (tertiary/aromatic N) is 1. The Labute approximate surface area is 150 Å². The smallest absolute Gasteiger partial charge is 0.269 e. The fourth-order valence-electron chi connectivity index (χ4n) is 2.41. The molecule has 3 aromatic rings. The molecule has 0 aliphatic rings. The first kappa shape index (κ1) is 17.2. The van der Waals surface area contributed by atoms with Crippen LogP contribution in [0.2, 0.25) is 0 Å². The predicted octanol–water partition coefficient (Wildman–Crippen LogP) is 4.46. The minimum Gasteiger partial charge on any atom is -0.381 e. The van der Waals surface area contributed by atoms with Crippen molar-refractivity contribution in [1.82, 2.24) is 0 Å². The lowest BCUT2D eigenvalue weighted by Gasteiger charge is -2.08. The third-order valence-electron chi connectivity index (χ3n) is 3.82. The average Bonchev–Trinajstić information content (AvgIpc) is 2.68. The third-order valence-corrected chi connectivity index (χ3v) is 3.82. The highest BCUT2D eigenvalue weighted by Gasteiger charge is 2.08. The summed E-state index contributed by atoms with van der Waals surface area (Å²) in [5.74, 6) is -0.270. The van der Waals surface area contributed by atoms with Crippen molar-refractivity contribution < 1.29 is 9.72 Å². The van der Waals surface area contributed by atoms with E-state index in [0.717, 1.165) is 5.69 Å². The summed E-state index contributed by atoms with van der Waals surface area (Å²) in [7, 11) is 0. The highest BCUT2D eigenvalue weighted by atomic mass is 16.6. The molecule has 0 unspecified atom stereocenters. The Kier molecular flexibility index (Phi) is 5.24. The number of rotatable bonds is 6. The molecule has 3 rings (SSSR count). The number of nitro benzene ring substituents is 1. The summed E-state index contributed by atoms with van der Waals surface area (Å²) in [6.45, 7) is 0.704. The molecule has 0 fully saturated rings. The van der Waals surface area contributed by atoms with E-state index in [1.807, 2.05) is 42.5 Å². The number of carbonyl (C=O) groups is 1. The van der Waals surface area contributed by atoms with Crippen LogP contribution in [0, 0.1) is 10.1 Å². The van der Waals surface area contributed by atoms with Gasteiger partial charge in [-0.15, -0.1) is 0 Å². The molecule has 26 heavy (non-hydrogen) atoms. The minimum absolute atomic E-state index is 0.0168. The molecule has 0 aliphatic carbocycles. The lowest BCUT2D eigenvalue weighted by atomic mass is 10.1. The van der Waals surface area contributed by atoms with Gasteiger partial charge in [0.2, 0.25) is 0 Å². The van der Waals surface area contributed by atoms with E-state index in [0.29, 0.717) is 17.8 Å². The first-order valence-electron chi connectivity index (χ1n) is 8.05. The van der Waals surface area contributed by atoms with E-state index in [4.69, 9.17) is 0 Å². The predicted molar refractivity (Wildman–Crippen MR) is 101 cm³/mol. The van der Waals surface area contributed by atoms with Crippen molar-refractivity contribution in [2.45, 2.75) is 6.54 Å². The summed E-state index contributed by atoms with van der Waals surface area (Å²) in [4.78, 5) is 22.4. The molecule has 0 aromatic heterocycles. The molecule has 0 atom stereocenters. The van der Waals surface area contributed by atoms with Gasteiger partial charge in [0.1, 0.15) is 0 Å². The second-order valence-corrected chi connectivity index (χ2v) is 5.67. The first-order valence-corrected chi connectivity index (χ1v) is 8.05. The van der Waals surface area contributed by atoms with Gasteiger partial charge in [-0.3, -0.25) is 14.9 Å². The Bertz CT molecular complexity index is 892. The van der Waals surface area contributed by atoms with Crippen molar-refractivity contribution in [2.75, 3.05) is 10.6 Å². The monoisotopic (exact) mass is 347 g/mol. The number of carbonyl (C=O) groups excluding carboxylic acids is 1. The van der Waals surface area contributed by atoms with Crippen LogP contribution in [-0.4, -0.2) is 10.8 Å². The van der Waals surface area contributed by atoms with Crippen LogP contribution in [0.5, 0.6) is 0 Å². The second kappa shape index (κ2) is 7.94. The fourth-order valence-corrected chi connectivity index (χ4v) is 2.41. The highest BCUT2D eigenvalue weighted by Crippen LogP contribution is 2.17. The van der Waals surface area contributed by atoms with Crippen molar-refractivity contribution >= 4 is 23.0 Å². The summed E-state index contributed by atoms with van der Waals surface area (Å²) >= 11 is 0. The molecule has 0 heterocycles. The van der Waals surface area contributed by atoms with E-state index in [2.05, 4.69) is 10.6 Å². The van der Waals surface area contributed by atoms with Crippen molar-refractivity contribution in [3.8, 4) is 0 Å². The van der Waals surface area contributed by atoms with Crippen LogP contribution in [0.3, 0.4) is 0 Å². The van der Waals surface area contributed by atoms with E-state index < -0.39 is 4.92 Å². The number of non-ortho nitro benzene ring substituents is 1. The van der Waals surface area contributed by atoms with Crippen LogP contribution in [0.4, 0.5) is 17.1 Å². The topological polar surface area (TPSA) is 84.3 Å². The molecule has 1 amide bonds. The van der Waals surface area contributed by atoms with E-state index in [9.17, 15) is 14.9 Å². The zero-order chi connectivity index (χ0) is 18.4. The lowest BCUT2D eigenvalue weighted by molar-refractivity contribution is -0.384. The Morgan fingerprint density at radius 1 is 0.846 bits per heavy atom. The molecule has 0 bridgehead atoms. The van der Waals surface area contributed by atoms with Gasteiger partial charge in [0.15, 0.2) is 0 Å². The molecule has 3 aromatic carbocycles. The van der Waals surface area contributed by atoms with Crippen molar-refractivity contribution in [2.24, 2.45) is 0 Å². The SMILES string of the molecule is O=C(Nc1ccc([N+](=O)[O-])cc1)c1ccc(NCc2ccccc2)cc1. The van der Waals surface area contributed by atoms with E-state index in [1.165, 1.54) is 29.8 Å². The maximum atomic E-state index is 12.3. The van der Waals surface area contributed by atoms with E-state index in [1.54, 1.807) is 12.1 Å². The zero-order valence-corrected chi connectivity index (χ0v) is 13.9. The molecule has 0 saturated heterocycles. The molecule has 0 saturated carbocycles. The summed E-state index contributed by atoms with van der Waals surface area (Å²) in [5.41, 5.74) is 3.09. The lowest BCUT2D eigenvalue weighted by Crippen LogP contribution is -2.11. The van der Waals surface area contributed by atoms with Crippen LogP contribution < -0.4 is 10.6 Å². The van der Waals surface area contributed by atoms with Gasteiger partial charge in [-0.05, 0) is 42.0 Å². The summed E-state index contributed by atoms with van der Waals surface area (Å²) in [6, 6.07) is 22.9. The minimum atomic E-state index is -0.479. The van der Waals surface area contributed by atoms with Gasteiger partial charge in [-0.2, -0.15) is 0 Å². The average molecular weight is 347 g/mol. The number of amides is 1.